The third-order valence-electron chi connectivity index (χ3n) is 4.45. The zero-order valence-corrected chi connectivity index (χ0v) is 15.4. The van der Waals surface area contributed by atoms with Gasteiger partial charge in [-0.05, 0) is 37.0 Å². The van der Waals surface area contributed by atoms with Gasteiger partial charge in [-0.25, -0.2) is 9.97 Å². The molecule has 1 amide bonds. The molecule has 2 N–H and O–H groups in total. The summed E-state index contributed by atoms with van der Waals surface area (Å²) >= 11 is 0. The SMILES string of the molecule is CCCC(=O)Nc1ccc(CNCc2cnc(N3CCCC3)nc2)cc1. The Balaban J connectivity index is 1.43. The molecule has 0 atom stereocenters. The second-order valence-corrected chi connectivity index (χ2v) is 6.68. The monoisotopic (exact) mass is 353 g/mol. The summed E-state index contributed by atoms with van der Waals surface area (Å²) in [6, 6.07) is 7.94. The van der Waals surface area contributed by atoms with Crippen LogP contribution in [-0.2, 0) is 17.9 Å². The molecule has 138 valence electrons. The molecule has 6 heteroatoms. The maximum absolute atomic E-state index is 11.6. The molecule has 2 aromatic rings. The first-order chi connectivity index (χ1) is 12.7. The van der Waals surface area contributed by atoms with Crippen molar-refractivity contribution in [1.82, 2.24) is 15.3 Å². The first-order valence-electron chi connectivity index (χ1n) is 9.40. The average molecular weight is 353 g/mol. The van der Waals surface area contributed by atoms with E-state index in [1.165, 1.54) is 18.4 Å². The maximum Gasteiger partial charge on any atom is 0.225 e. The molecule has 0 bridgehead atoms. The summed E-state index contributed by atoms with van der Waals surface area (Å²) in [7, 11) is 0. The first-order valence-corrected chi connectivity index (χ1v) is 9.40. The van der Waals surface area contributed by atoms with E-state index in [4.69, 9.17) is 0 Å². The molecule has 1 aliphatic heterocycles. The topological polar surface area (TPSA) is 70.2 Å². The Morgan fingerprint density at radius 2 is 1.69 bits per heavy atom. The van der Waals surface area contributed by atoms with Gasteiger partial charge >= 0.3 is 0 Å². The van der Waals surface area contributed by atoms with Crippen LogP contribution >= 0.6 is 0 Å². The summed E-state index contributed by atoms with van der Waals surface area (Å²) < 4.78 is 0. The number of anilines is 2. The molecule has 0 radical (unpaired) electrons. The summed E-state index contributed by atoms with van der Waals surface area (Å²) in [5.41, 5.74) is 3.10. The Bertz CT molecular complexity index is 693. The lowest BCUT2D eigenvalue weighted by atomic mass is 10.2. The summed E-state index contributed by atoms with van der Waals surface area (Å²) in [6.07, 6.45) is 7.68. The molecular weight excluding hydrogens is 326 g/mol. The zero-order valence-electron chi connectivity index (χ0n) is 15.4. The maximum atomic E-state index is 11.6. The van der Waals surface area contributed by atoms with Crippen LogP contribution in [-0.4, -0.2) is 29.0 Å². The summed E-state index contributed by atoms with van der Waals surface area (Å²) in [5.74, 6) is 0.905. The summed E-state index contributed by atoms with van der Waals surface area (Å²) in [6.45, 7) is 5.62. The van der Waals surface area contributed by atoms with Crippen LogP contribution in [0.2, 0.25) is 0 Å². The average Bonchev–Trinajstić information content (AvgIpc) is 3.19. The van der Waals surface area contributed by atoms with E-state index >= 15 is 0 Å². The van der Waals surface area contributed by atoms with E-state index in [0.29, 0.717) is 6.42 Å². The predicted molar refractivity (Wildman–Crippen MR) is 104 cm³/mol. The van der Waals surface area contributed by atoms with Crippen molar-refractivity contribution in [2.24, 2.45) is 0 Å². The highest BCUT2D eigenvalue weighted by molar-refractivity contribution is 5.90. The lowest BCUT2D eigenvalue weighted by Gasteiger charge is -2.14. The van der Waals surface area contributed by atoms with Crippen LogP contribution in [0.3, 0.4) is 0 Å². The van der Waals surface area contributed by atoms with E-state index in [1.54, 1.807) is 0 Å². The zero-order chi connectivity index (χ0) is 18.2. The van der Waals surface area contributed by atoms with E-state index in [0.717, 1.165) is 49.8 Å². The smallest absolute Gasteiger partial charge is 0.225 e. The van der Waals surface area contributed by atoms with Gasteiger partial charge in [0.15, 0.2) is 0 Å². The number of amides is 1. The molecule has 1 aliphatic rings. The fraction of sp³-hybridized carbons (Fsp3) is 0.450. The quantitative estimate of drug-likeness (QED) is 0.763. The predicted octanol–water partition coefficient (Wildman–Crippen LogP) is 3.11. The number of aromatic nitrogens is 2. The van der Waals surface area contributed by atoms with Crippen LogP contribution in [0, 0.1) is 0 Å². The highest BCUT2D eigenvalue weighted by atomic mass is 16.1. The minimum Gasteiger partial charge on any atom is -0.341 e. The van der Waals surface area contributed by atoms with Gasteiger partial charge in [-0.1, -0.05) is 19.1 Å². The van der Waals surface area contributed by atoms with Gasteiger partial charge in [0.25, 0.3) is 0 Å². The number of rotatable bonds is 8. The molecule has 0 saturated carbocycles. The fourth-order valence-electron chi connectivity index (χ4n) is 3.03. The van der Waals surface area contributed by atoms with Gasteiger partial charge in [-0.15, -0.1) is 0 Å². The number of hydrogen-bond acceptors (Lipinski definition) is 5. The molecule has 1 saturated heterocycles. The van der Waals surface area contributed by atoms with Gasteiger partial charge in [-0.2, -0.15) is 0 Å². The molecule has 26 heavy (non-hydrogen) atoms. The second-order valence-electron chi connectivity index (χ2n) is 6.68. The molecule has 0 spiro atoms. The normalized spacial score (nSPS) is 13.8. The number of carbonyl (C=O) groups excluding carboxylic acids is 1. The van der Waals surface area contributed by atoms with Crippen LogP contribution in [0.25, 0.3) is 0 Å². The van der Waals surface area contributed by atoms with Crippen molar-refractivity contribution in [2.75, 3.05) is 23.3 Å². The van der Waals surface area contributed by atoms with Gasteiger partial charge in [-0.3, -0.25) is 4.79 Å². The Labute approximate surface area is 155 Å². The minimum absolute atomic E-state index is 0.0655. The number of benzene rings is 1. The van der Waals surface area contributed by atoms with E-state index < -0.39 is 0 Å². The van der Waals surface area contributed by atoms with Crippen molar-refractivity contribution in [1.29, 1.82) is 0 Å². The number of nitrogens with zero attached hydrogens (tertiary/aromatic N) is 3. The van der Waals surface area contributed by atoms with Gasteiger partial charge in [0.1, 0.15) is 0 Å². The second kappa shape index (κ2) is 9.29. The number of nitrogens with one attached hydrogen (secondary N) is 2. The van der Waals surface area contributed by atoms with Gasteiger partial charge < -0.3 is 15.5 Å². The van der Waals surface area contributed by atoms with Crippen LogP contribution in [0.1, 0.15) is 43.7 Å². The molecular formula is C20H27N5O. The van der Waals surface area contributed by atoms with Crippen molar-refractivity contribution in [3.63, 3.8) is 0 Å². The third-order valence-corrected chi connectivity index (χ3v) is 4.45. The highest BCUT2D eigenvalue weighted by Gasteiger charge is 2.14. The van der Waals surface area contributed by atoms with Crippen molar-refractivity contribution < 1.29 is 4.79 Å². The van der Waals surface area contributed by atoms with Gasteiger partial charge in [0.05, 0.1) is 0 Å². The number of carbonyl (C=O) groups is 1. The van der Waals surface area contributed by atoms with Crippen LogP contribution in [0.4, 0.5) is 11.6 Å². The van der Waals surface area contributed by atoms with E-state index in [9.17, 15) is 4.79 Å². The molecule has 1 fully saturated rings. The first kappa shape index (κ1) is 18.3. The molecule has 0 aliphatic carbocycles. The lowest BCUT2D eigenvalue weighted by molar-refractivity contribution is -0.116. The van der Waals surface area contributed by atoms with Gasteiger partial charge in [0, 0.05) is 56.2 Å². The lowest BCUT2D eigenvalue weighted by Crippen LogP contribution is -2.20. The Hall–Kier alpha value is -2.47. The minimum atomic E-state index is 0.0655. The highest BCUT2D eigenvalue weighted by Crippen LogP contribution is 2.15. The van der Waals surface area contributed by atoms with E-state index in [2.05, 4.69) is 25.5 Å². The number of hydrogen-bond donors (Lipinski definition) is 2. The molecule has 0 unspecified atom stereocenters. The molecule has 1 aromatic heterocycles. The van der Waals surface area contributed by atoms with Crippen molar-refractivity contribution in [3.05, 3.63) is 47.8 Å². The van der Waals surface area contributed by atoms with E-state index in [1.807, 2.05) is 43.6 Å². The van der Waals surface area contributed by atoms with Crippen LogP contribution < -0.4 is 15.5 Å². The van der Waals surface area contributed by atoms with E-state index in [-0.39, 0.29) is 5.91 Å². The largest absolute Gasteiger partial charge is 0.341 e. The fourth-order valence-corrected chi connectivity index (χ4v) is 3.03. The summed E-state index contributed by atoms with van der Waals surface area (Å²) in [5, 5.41) is 6.31. The molecule has 6 nitrogen and oxygen atoms in total. The molecule has 2 heterocycles. The standard InChI is InChI=1S/C20H27N5O/c1-2-5-19(26)24-18-8-6-16(7-9-18)12-21-13-17-14-22-20(23-15-17)25-10-3-4-11-25/h6-9,14-15,21H,2-5,10-13H2,1H3,(H,24,26). The molecule has 3 rings (SSSR count). The molecule has 1 aromatic carbocycles. The Morgan fingerprint density at radius 1 is 1.04 bits per heavy atom. The van der Waals surface area contributed by atoms with Crippen molar-refractivity contribution in [3.8, 4) is 0 Å². The van der Waals surface area contributed by atoms with Crippen molar-refractivity contribution in [2.45, 2.75) is 45.7 Å². The van der Waals surface area contributed by atoms with Crippen LogP contribution in [0.5, 0.6) is 0 Å². The Kier molecular flexibility index (Phi) is 6.55. The summed E-state index contributed by atoms with van der Waals surface area (Å²) in [4.78, 5) is 22.8. The van der Waals surface area contributed by atoms with Crippen molar-refractivity contribution >= 4 is 17.5 Å². The third kappa shape index (κ3) is 5.26. The Morgan fingerprint density at radius 3 is 2.35 bits per heavy atom. The van der Waals surface area contributed by atoms with Gasteiger partial charge in [0.2, 0.25) is 11.9 Å². The van der Waals surface area contributed by atoms with Crippen LogP contribution in [0.15, 0.2) is 36.7 Å².